The Morgan fingerprint density at radius 1 is 1.29 bits per heavy atom. The lowest BCUT2D eigenvalue weighted by Crippen LogP contribution is -2.06. The van der Waals surface area contributed by atoms with Crippen LogP contribution in [0.3, 0.4) is 0 Å². The van der Waals surface area contributed by atoms with E-state index in [9.17, 15) is 4.39 Å². The number of ether oxygens (including phenoxy) is 1. The van der Waals surface area contributed by atoms with Crippen molar-refractivity contribution in [3.8, 4) is 11.6 Å². The summed E-state index contributed by atoms with van der Waals surface area (Å²) in [5.41, 5.74) is 2.28. The van der Waals surface area contributed by atoms with Crippen LogP contribution in [0.5, 0.6) is 5.75 Å². The third kappa shape index (κ3) is 3.33. The molecule has 0 fully saturated rings. The van der Waals surface area contributed by atoms with Gasteiger partial charge in [0, 0.05) is 23.5 Å². The molecule has 0 atom stereocenters. The molecule has 124 valence electrons. The van der Waals surface area contributed by atoms with Gasteiger partial charge in [-0.25, -0.2) is 14.1 Å². The maximum atomic E-state index is 14.0. The summed E-state index contributed by atoms with van der Waals surface area (Å²) in [6, 6.07) is 5.58. The van der Waals surface area contributed by atoms with E-state index in [1.807, 2.05) is 19.1 Å². The highest BCUT2D eigenvalue weighted by molar-refractivity contribution is 5.58. The summed E-state index contributed by atoms with van der Waals surface area (Å²) in [5, 5.41) is 16.1. The molecule has 0 aliphatic carbocycles. The highest BCUT2D eigenvalue weighted by Crippen LogP contribution is 2.23. The second-order valence-corrected chi connectivity index (χ2v) is 5.18. The van der Waals surface area contributed by atoms with Crippen LogP contribution in [0, 0.1) is 12.7 Å². The molecule has 0 bridgehead atoms. The van der Waals surface area contributed by atoms with Crippen LogP contribution < -0.4 is 10.1 Å². The quantitative estimate of drug-likeness (QED) is 0.747. The Kier molecular flexibility index (Phi) is 4.39. The van der Waals surface area contributed by atoms with Crippen LogP contribution in [0.2, 0.25) is 0 Å². The number of rotatable bonds is 5. The summed E-state index contributed by atoms with van der Waals surface area (Å²) in [4.78, 5) is 8.09. The van der Waals surface area contributed by atoms with Crippen molar-refractivity contribution in [3.63, 3.8) is 0 Å². The molecule has 7 nitrogen and oxygen atoms in total. The minimum absolute atomic E-state index is 0.00758. The largest absolute Gasteiger partial charge is 0.497 e. The second-order valence-electron chi connectivity index (χ2n) is 5.18. The van der Waals surface area contributed by atoms with Crippen molar-refractivity contribution in [1.82, 2.24) is 19.7 Å². The van der Waals surface area contributed by atoms with E-state index in [1.165, 1.54) is 17.1 Å². The lowest BCUT2D eigenvalue weighted by Gasteiger charge is -2.10. The number of aromatic nitrogens is 4. The molecule has 0 radical (unpaired) electrons. The van der Waals surface area contributed by atoms with Gasteiger partial charge in [-0.05, 0) is 24.6 Å². The molecule has 0 spiro atoms. The van der Waals surface area contributed by atoms with Crippen LogP contribution in [0.15, 0.2) is 36.8 Å². The van der Waals surface area contributed by atoms with Crippen molar-refractivity contribution in [2.45, 2.75) is 13.5 Å². The van der Waals surface area contributed by atoms with Gasteiger partial charge in [-0.15, -0.1) is 0 Å². The molecule has 3 rings (SSSR count). The molecule has 2 aromatic heterocycles. The van der Waals surface area contributed by atoms with Crippen molar-refractivity contribution >= 4 is 11.6 Å². The number of halogens is 1. The summed E-state index contributed by atoms with van der Waals surface area (Å²) < 4.78 is 20.5. The van der Waals surface area contributed by atoms with Crippen molar-refractivity contribution in [2.75, 3.05) is 12.4 Å². The van der Waals surface area contributed by atoms with Gasteiger partial charge in [0.1, 0.15) is 5.75 Å². The minimum Gasteiger partial charge on any atom is -0.497 e. The summed E-state index contributed by atoms with van der Waals surface area (Å²) in [7, 11) is 1.58. The lowest BCUT2D eigenvalue weighted by atomic mass is 10.2. The first kappa shape index (κ1) is 15.9. The third-order valence-electron chi connectivity index (χ3n) is 3.30. The van der Waals surface area contributed by atoms with Gasteiger partial charge in [0.05, 0.1) is 26.1 Å². The minimum atomic E-state index is -0.616. The third-order valence-corrected chi connectivity index (χ3v) is 3.30. The van der Waals surface area contributed by atoms with E-state index >= 15 is 0 Å². The van der Waals surface area contributed by atoms with E-state index in [4.69, 9.17) is 9.84 Å². The monoisotopic (exact) mass is 329 g/mol. The molecule has 0 saturated carbocycles. The zero-order valence-electron chi connectivity index (χ0n) is 13.2. The van der Waals surface area contributed by atoms with Gasteiger partial charge < -0.3 is 15.2 Å². The van der Waals surface area contributed by atoms with Gasteiger partial charge in [-0.3, -0.25) is 0 Å². The highest BCUT2D eigenvalue weighted by atomic mass is 19.1. The SMILES string of the molecule is COc1cc(C)cc(Nc2ncc(F)c(-n3cc(CO)cn3)n2)c1. The zero-order valence-corrected chi connectivity index (χ0v) is 13.2. The van der Waals surface area contributed by atoms with Crippen LogP contribution in [0.4, 0.5) is 16.0 Å². The van der Waals surface area contributed by atoms with E-state index in [2.05, 4.69) is 20.4 Å². The number of methoxy groups -OCH3 is 1. The Bertz CT molecular complexity index is 865. The van der Waals surface area contributed by atoms with E-state index in [0.29, 0.717) is 11.3 Å². The fraction of sp³-hybridized carbons (Fsp3) is 0.188. The molecular formula is C16H16FN5O2. The van der Waals surface area contributed by atoms with Gasteiger partial charge in [0.25, 0.3) is 0 Å². The van der Waals surface area contributed by atoms with E-state index in [-0.39, 0.29) is 18.4 Å². The average molecular weight is 329 g/mol. The number of anilines is 2. The lowest BCUT2D eigenvalue weighted by molar-refractivity contribution is 0.282. The molecular weight excluding hydrogens is 313 g/mol. The van der Waals surface area contributed by atoms with Crippen LogP contribution >= 0.6 is 0 Å². The Morgan fingerprint density at radius 3 is 2.83 bits per heavy atom. The van der Waals surface area contributed by atoms with Gasteiger partial charge >= 0.3 is 0 Å². The van der Waals surface area contributed by atoms with Gasteiger partial charge in [-0.2, -0.15) is 10.1 Å². The maximum absolute atomic E-state index is 14.0. The fourth-order valence-electron chi connectivity index (χ4n) is 2.20. The summed E-state index contributed by atoms with van der Waals surface area (Å²) in [6.45, 7) is 1.76. The van der Waals surface area contributed by atoms with Gasteiger partial charge in [-0.1, -0.05) is 0 Å². The molecule has 0 unspecified atom stereocenters. The van der Waals surface area contributed by atoms with Crippen molar-refractivity contribution in [1.29, 1.82) is 0 Å². The maximum Gasteiger partial charge on any atom is 0.229 e. The molecule has 3 aromatic rings. The standard InChI is InChI=1S/C16H16FN5O2/c1-10-3-12(5-13(4-10)24-2)20-16-18-7-14(17)15(21-16)22-8-11(9-23)6-19-22/h3-8,23H,9H2,1-2H3,(H,18,20,21). The number of aliphatic hydroxyl groups is 1. The van der Waals surface area contributed by atoms with Crippen molar-refractivity contribution in [2.24, 2.45) is 0 Å². The molecule has 0 saturated heterocycles. The number of nitrogens with zero attached hydrogens (tertiary/aromatic N) is 4. The van der Waals surface area contributed by atoms with Crippen LogP contribution in [0.25, 0.3) is 5.82 Å². The van der Waals surface area contributed by atoms with Gasteiger partial charge in [0.15, 0.2) is 11.6 Å². The molecule has 8 heteroatoms. The molecule has 0 aliphatic heterocycles. The Morgan fingerprint density at radius 2 is 2.12 bits per heavy atom. The Labute approximate surface area is 137 Å². The number of aryl methyl sites for hydroxylation is 1. The number of benzene rings is 1. The van der Waals surface area contributed by atoms with E-state index in [1.54, 1.807) is 13.2 Å². The molecule has 2 heterocycles. The number of nitrogens with one attached hydrogen (secondary N) is 1. The smallest absolute Gasteiger partial charge is 0.229 e. The number of hydrogen-bond acceptors (Lipinski definition) is 6. The topological polar surface area (TPSA) is 85.1 Å². The van der Waals surface area contributed by atoms with E-state index in [0.717, 1.165) is 17.4 Å². The van der Waals surface area contributed by atoms with Gasteiger partial charge in [0.2, 0.25) is 5.95 Å². The Hall–Kier alpha value is -3.00. The molecule has 24 heavy (non-hydrogen) atoms. The molecule has 0 amide bonds. The molecule has 1 aromatic carbocycles. The summed E-state index contributed by atoms with van der Waals surface area (Å²) in [5.74, 6) is 0.293. The van der Waals surface area contributed by atoms with Crippen LogP contribution in [0.1, 0.15) is 11.1 Å². The average Bonchev–Trinajstić information content (AvgIpc) is 3.05. The second kappa shape index (κ2) is 6.63. The normalized spacial score (nSPS) is 10.7. The predicted octanol–water partition coefficient (Wildman–Crippen LogP) is 2.35. The fourth-order valence-corrected chi connectivity index (χ4v) is 2.20. The Balaban J connectivity index is 1.92. The number of aliphatic hydroxyl groups excluding tert-OH is 1. The zero-order chi connectivity index (χ0) is 17.1. The first-order valence-electron chi connectivity index (χ1n) is 7.19. The summed E-state index contributed by atoms with van der Waals surface area (Å²) >= 11 is 0. The van der Waals surface area contributed by atoms with Crippen LogP contribution in [-0.4, -0.2) is 32.0 Å². The van der Waals surface area contributed by atoms with Crippen molar-refractivity contribution < 1.29 is 14.2 Å². The first-order chi connectivity index (χ1) is 11.6. The highest BCUT2D eigenvalue weighted by Gasteiger charge is 2.11. The molecule has 2 N–H and O–H groups in total. The van der Waals surface area contributed by atoms with Crippen molar-refractivity contribution in [3.05, 3.63) is 53.7 Å². The number of hydrogen-bond donors (Lipinski definition) is 2. The van der Waals surface area contributed by atoms with E-state index < -0.39 is 5.82 Å². The van der Waals surface area contributed by atoms with Crippen LogP contribution in [-0.2, 0) is 6.61 Å². The predicted molar refractivity (Wildman–Crippen MR) is 86.0 cm³/mol. The molecule has 0 aliphatic rings. The summed E-state index contributed by atoms with van der Waals surface area (Å²) in [6.07, 6.45) is 4.02. The first-order valence-corrected chi connectivity index (χ1v) is 7.19.